The first kappa shape index (κ1) is 14.1. The predicted octanol–water partition coefficient (Wildman–Crippen LogP) is 2.32. The number of benzene rings is 1. The Hall–Kier alpha value is -2.01. The fourth-order valence-electron chi connectivity index (χ4n) is 1.09. The minimum atomic E-state index is -0.617. The molecule has 0 radical (unpaired) electrons. The Kier molecular flexibility index (Phi) is 5.20. The lowest BCUT2D eigenvalue weighted by Crippen LogP contribution is -2.11. The smallest absolute Gasteiger partial charge is 0.343 e. The number of carbonyl (C=O) groups excluding carboxylic acids is 2. The van der Waals surface area contributed by atoms with Gasteiger partial charge in [-0.3, -0.25) is 0 Å². The van der Waals surface area contributed by atoms with E-state index in [1.165, 1.54) is 24.3 Å². The van der Waals surface area contributed by atoms with Crippen molar-refractivity contribution >= 4 is 29.5 Å². The van der Waals surface area contributed by atoms with Crippen molar-refractivity contribution in [2.45, 2.75) is 6.92 Å². The summed E-state index contributed by atoms with van der Waals surface area (Å²) in [5, 5.41) is 1.15. The molecule has 0 heterocycles. The van der Waals surface area contributed by atoms with Crippen LogP contribution in [0.2, 0.25) is 0 Å². The van der Waals surface area contributed by atoms with E-state index in [1.54, 1.807) is 6.92 Å². The third-order valence-corrected chi connectivity index (χ3v) is 2.26. The van der Waals surface area contributed by atoms with Crippen LogP contribution in [0.25, 0.3) is 0 Å². The standard InChI is InChI=1S/C13H12O4S/c1-3-16-13(15)10-4-6-11(7-5-10)17-12(14)9(2)8-18/h4-8H,2-3H2,1H3. The molecule has 0 bridgehead atoms. The zero-order valence-corrected chi connectivity index (χ0v) is 10.7. The van der Waals surface area contributed by atoms with Gasteiger partial charge in [-0.1, -0.05) is 18.8 Å². The number of carbonyl (C=O) groups is 2. The number of hydrogen-bond donors (Lipinski definition) is 0. The van der Waals surface area contributed by atoms with E-state index >= 15 is 0 Å². The lowest BCUT2D eigenvalue weighted by Gasteiger charge is -2.05. The summed E-state index contributed by atoms with van der Waals surface area (Å²) < 4.78 is 9.80. The van der Waals surface area contributed by atoms with Crippen molar-refractivity contribution in [3.05, 3.63) is 42.0 Å². The van der Waals surface area contributed by atoms with Crippen molar-refractivity contribution in [3.63, 3.8) is 0 Å². The van der Waals surface area contributed by atoms with E-state index < -0.39 is 11.9 Å². The van der Waals surface area contributed by atoms with Gasteiger partial charge >= 0.3 is 11.9 Å². The average Bonchev–Trinajstić information content (AvgIpc) is 2.38. The third kappa shape index (κ3) is 3.78. The molecule has 0 aliphatic rings. The third-order valence-electron chi connectivity index (χ3n) is 1.98. The number of esters is 2. The highest BCUT2D eigenvalue weighted by Crippen LogP contribution is 2.14. The number of thiocarbonyl (C=S) groups is 1. The lowest BCUT2D eigenvalue weighted by atomic mass is 10.2. The van der Waals surface area contributed by atoms with Gasteiger partial charge in [0.15, 0.2) is 0 Å². The lowest BCUT2D eigenvalue weighted by molar-refractivity contribution is -0.129. The van der Waals surface area contributed by atoms with Gasteiger partial charge in [-0.2, -0.15) is 0 Å². The van der Waals surface area contributed by atoms with E-state index in [0.29, 0.717) is 17.9 Å². The summed E-state index contributed by atoms with van der Waals surface area (Å²) in [6, 6.07) is 6.03. The van der Waals surface area contributed by atoms with Crippen LogP contribution in [-0.4, -0.2) is 23.9 Å². The van der Waals surface area contributed by atoms with Crippen LogP contribution in [0.4, 0.5) is 0 Å². The van der Waals surface area contributed by atoms with Gasteiger partial charge in [-0.25, -0.2) is 9.59 Å². The summed E-state index contributed by atoms with van der Waals surface area (Å²) in [5.41, 5.74) is 0.491. The van der Waals surface area contributed by atoms with Crippen LogP contribution < -0.4 is 4.74 Å². The van der Waals surface area contributed by atoms with Gasteiger partial charge in [-0.15, -0.1) is 0 Å². The van der Waals surface area contributed by atoms with Crippen LogP contribution in [0, 0.1) is 0 Å². The molecule has 0 unspecified atom stereocenters. The molecular weight excluding hydrogens is 252 g/mol. The Bertz CT molecular complexity index is 476. The highest BCUT2D eigenvalue weighted by molar-refractivity contribution is 7.79. The molecule has 0 fully saturated rings. The maximum absolute atomic E-state index is 11.4. The molecule has 0 aliphatic heterocycles. The first-order valence-electron chi connectivity index (χ1n) is 5.22. The summed E-state index contributed by atoms with van der Waals surface area (Å²) in [7, 11) is 0. The molecule has 1 aromatic rings. The maximum Gasteiger partial charge on any atom is 0.343 e. The molecule has 1 rings (SSSR count). The molecule has 1 aromatic carbocycles. The second kappa shape index (κ2) is 6.66. The van der Waals surface area contributed by atoms with E-state index in [9.17, 15) is 9.59 Å². The van der Waals surface area contributed by atoms with Crippen LogP contribution >= 0.6 is 12.2 Å². The SMILES string of the molecule is C=C(C=S)C(=O)Oc1ccc(C(=O)OCC)cc1. The summed E-state index contributed by atoms with van der Waals surface area (Å²) in [6.07, 6.45) is 0. The Balaban J connectivity index is 2.71. The Morgan fingerprint density at radius 1 is 1.33 bits per heavy atom. The van der Waals surface area contributed by atoms with Gasteiger partial charge in [0.1, 0.15) is 5.75 Å². The van der Waals surface area contributed by atoms with Gasteiger partial charge in [0.25, 0.3) is 0 Å². The Labute approximate surface area is 110 Å². The first-order chi connectivity index (χ1) is 8.58. The molecular formula is C13H12O4S. The maximum atomic E-state index is 11.4. The molecule has 0 saturated heterocycles. The molecule has 0 N–H and O–H groups in total. The highest BCUT2D eigenvalue weighted by Gasteiger charge is 2.09. The molecule has 5 heteroatoms. The van der Waals surface area contributed by atoms with Crippen LogP contribution in [0.5, 0.6) is 5.75 Å². The normalized spacial score (nSPS) is 9.39. The molecule has 0 aromatic heterocycles. The van der Waals surface area contributed by atoms with Crippen molar-refractivity contribution in [1.82, 2.24) is 0 Å². The average molecular weight is 264 g/mol. The Morgan fingerprint density at radius 2 is 1.94 bits per heavy atom. The molecule has 4 nitrogen and oxygen atoms in total. The van der Waals surface area contributed by atoms with E-state index in [1.807, 2.05) is 0 Å². The fraction of sp³-hybridized carbons (Fsp3) is 0.154. The van der Waals surface area contributed by atoms with E-state index in [-0.39, 0.29) is 5.57 Å². The minimum Gasteiger partial charge on any atom is -0.462 e. The molecule has 0 atom stereocenters. The molecule has 0 amide bonds. The number of ether oxygens (including phenoxy) is 2. The van der Waals surface area contributed by atoms with Crippen LogP contribution in [-0.2, 0) is 9.53 Å². The van der Waals surface area contributed by atoms with Crippen molar-refractivity contribution in [2.75, 3.05) is 6.61 Å². The van der Waals surface area contributed by atoms with Crippen molar-refractivity contribution < 1.29 is 19.1 Å². The van der Waals surface area contributed by atoms with Gasteiger partial charge in [0, 0.05) is 5.37 Å². The second-order valence-corrected chi connectivity index (χ2v) is 3.51. The quantitative estimate of drug-likeness (QED) is 0.353. The summed E-state index contributed by atoms with van der Waals surface area (Å²) in [4.78, 5) is 22.7. The zero-order chi connectivity index (χ0) is 13.5. The van der Waals surface area contributed by atoms with E-state index in [0.717, 1.165) is 5.37 Å². The fourth-order valence-corrected chi connectivity index (χ4v) is 1.19. The Morgan fingerprint density at radius 3 is 2.44 bits per heavy atom. The van der Waals surface area contributed by atoms with Crippen molar-refractivity contribution in [1.29, 1.82) is 0 Å². The van der Waals surface area contributed by atoms with Crippen LogP contribution in [0.3, 0.4) is 0 Å². The van der Waals surface area contributed by atoms with Gasteiger partial charge in [-0.05, 0) is 31.2 Å². The zero-order valence-electron chi connectivity index (χ0n) is 9.84. The summed E-state index contributed by atoms with van der Waals surface area (Å²) in [6.45, 7) is 5.47. The van der Waals surface area contributed by atoms with Gasteiger partial charge in [0.05, 0.1) is 17.7 Å². The van der Waals surface area contributed by atoms with Crippen LogP contribution in [0.1, 0.15) is 17.3 Å². The van der Waals surface area contributed by atoms with E-state index in [2.05, 4.69) is 18.8 Å². The van der Waals surface area contributed by atoms with Gasteiger partial charge in [0.2, 0.25) is 0 Å². The monoisotopic (exact) mass is 264 g/mol. The molecule has 94 valence electrons. The van der Waals surface area contributed by atoms with Gasteiger partial charge < -0.3 is 9.47 Å². The molecule has 0 spiro atoms. The van der Waals surface area contributed by atoms with E-state index in [4.69, 9.17) is 9.47 Å². The largest absolute Gasteiger partial charge is 0.462 e. The minimum absolute atomic E-state index is 0.0967. The summed E-state index contributed by atoms with van der Waals surface area (Å²) in [5.74, 6) is -0.724. The first-order valence-corrected chi connectivity index (χ1v) is 5.69. The molecule has 0 aliphatic carbocycles. The van der Waals surface area contributed by atoms with Crippen molar-refractivity contribution in [3.8, 4) is 5.75 Å². The second-order valence-electron chi connectivity index (χ2n) is 3.28. The summed E-state index contributed by atoms with van der Waals surface area (Å²) >= 11 is 4.56. The molecule has 0 saturated carbocycles. The topological polar surface area (TPSA) is 52.6 Å². The van der Waals surface area contributed by atoms with Crippen molar-refractivity contribution in [2.24, 2.45) is 0 Å². The predicted molar refractivity (Wildman–Crippen MR) is 70.8 cm³/mol. The number of hydrogen-bond acceptors (Lipinski definition) is 5. The van der Waals surface area contributed by atoms with Crippen LogP contribution in [0.15, 0.2) is 36.4 Å². The molecule has 18 heavy (non-hydrogen) atoms. The highest BCUT2D eigenvalue weighted by atomic mass is 32.1. The number of rotatable bonds is 5.